The van der Waals surface area contributed by atoms with Gasteiger partial charge in [-0.2, -0.15) is 0 Å². The molecule has 2 rings (SSSR count). The topological polar surface area (TPSA) is 175 Å². The fraction of sp³-hybridized carbons (Fsp3) is 0.610. The number of hydrogen-bond donors (Lipinski definition) is 3. The highest BCUT2D eigenvalue weighted by atomic mass is 16.6. The van der Waals surface area contributed by atoms with E-state index in [1.807, 2.05) is 0 Å². The Morgan fingerprint density at radius 2 is 1.11 bits per heavy atom. The fourth-order valence-electron chi connectivity index (χ4n) is 5.49. The van der Waals surface area contributed by atoms with E-state index in [2.05, 4.69) is 29.8 Å². The maximum atomic E-state index is 13.6. The van der Waals surface area contributed by atoms with Crippen molar-refractivity contribution in [2.24, 2.45) is 10.8 Å². The number of methoxy groups -OCH3 is 1. The van der Waals surface area contributed by atoms with Gasteiger partial charge in [0, 0.05) is 31.0 Å². The van der Waals surface area contributed by atoms with E-state index < -0.39 is 33.5 Å². The van der Waals surface area contributed by atoms with Gasteiger partial charge in [0.1, 0.15) is 0 Å². The number of anilines is 3. The first kappa shape index (κ1) is 45.8. The molecule has 13 nitrogen and oxygen atoms in total. The molecule has 0 aliphatic heterocycles. The summed E-state index contributed by atoms with van der Waals surface area (Å²) in [4.78, 5) is 64.1. The maximum Gasteiger partial charge on any atom is 0.340 e. The predicted octanol–water partition coefficient (Wildman–Crippen LogP) is 9.32. The van der Waals surface area contributed by atoms with E-state index in [1.165, 1.54) is 76.0 Å². The Bertz CT molecular complexity index is 1540. The SMILES string of the molecule is CCCCCCCCOCC(C)(C)C(=O)Nc1ccc([N+](=O)[O-])cc1C(=O)Nc1ccc(NC(=O)C(C)(C)COCCCCCCCC)c(C(=O)OC)c1. The van der Waals surface area contributed by atoms with E-state index in [0.717, 1.165) is 44.6 Å². The van der Waals surface area contributed by atoms with Gasteiger partial charge in [0.05, 0.1) is 58.6 Å². The van der Waals surface area contributed by atoms with E-state index >= 15 is 0 Å². The fourth-order valence-corrected chi connectivity index (χ4v) is 5.49. The molecule has 0 bridgehead atoms. The third-order valence-electron chi connectivity index (χ3n) is 9.08. The van der Waals surface area contributed by atoms with Crippen molar-refractivity contribution < 1.29 is 38.3 Å². The molecule has 3 amide bonds. The maximum absolute atomic E-state index is 13.6. The number of carbonyl (C=O) groups is 4. The number of unbranched alkanes of at least 4 members (excludes halogenated alkanes) is 10. The lowest BCUT2D eigenvalue weighted by Crippen LogP contribution is -2.35. The second-order valence-corrected chi connectivity index (χ2v) is 15.0. The molecule has 0 aliphatic rings. The second kappa shape index (κ2) is 23.4. The zero-order valence-electron chi connectivity index (χ0n) is 33.4. The van der Waals surface area contributed by atoms with Gasteiger partial charge >= 0.3 is 5.97 Å². The Morgan fingerprint density at radius 3 is 1.59 bits per heavy atom. The smallest absolute Gasteiger partial charge is 0.340 e. The van der Waals surface area contributed by atoms with Crippen molar-refractivity contribution >= 4 is 46.4 Å². The molecule has 0 saturated carbocycles. The molecule has 54 heavy (non-hydrogen) atoms. The third-order valence-corrected chi connectivity index (χ3v) is 9.08. The molecule has 2 aromatic rings. The van der Waals surface area contributed by atoms with Crippen LogP contribution in [0, 0.1) is 20.9 Å². The van der Waals surface area contributed by atoms with E-state index in [0.29, 0.717) is 13.2 Å². The number of nitro groups is 1. The van der Waals surface area contributed by atoms with Crippen molar-refractivity contribution in [1.29, 1.82) is 0 Å². The minimum Gasteiger partial charge on any atom is -0.465 e. The van der Waals surface area contributed by atoms with Crippen molar-refractivity contribution in [2.75, 3.05) is 49.5 Å². The number of esters is 1. The van der Waals surface area contributed by atoms with E-state index in [1.54, 1.807) is 27.7 Å². The number of hydrogen-bond acceptors (Lipinski definition) is 9. The summed E-state index contributed by atoms with van der Waals surface area (Å²) in [6, 6.07) is 7.83. The van der Waals surface area contributed by atoms with Crippen molar-refractivity contribution in [1.82, 2.24) is 0 Å². The highest BCUT2D eigenvalue weighted by molar-refractivity contribution is 6.12. The Morgan fingerprint density at radius 1 is 0.648 bits per heavy atom. The van der Waals surface area contributed by atoms with Gasteiger partial charge in [-0.05, 0) is 64.8 Å². The van der Waals surface area contributed by atoms with Crippen LogP contribution in [-0.4, -0.2) is 62.2 Å². The molecule has 0 saturated heterocycles. The Hall–Kier alpha value is -4.36. The number of nitro benzene ring substituents is 1. The Balaban J connectivity index is 2.16. The van der Waals surface area contributed by atoms with Crippen LogP contribution in [0.4, 0.5) is 22.7 Å². The van der Waals surface area contributed by atoms with Crippen LogP contribution in [0.2, 0.25) is 0 Å². The third kappa shape index (κ3) is 15.5. The van der Waals surface area contributed by atoms with E-state index in [-0.39, 0.29) is 53.0 Å². The van der Waals surface area contributed by atoms with Gasteiger partial charge in [-0.25, -0.2) is 4.79 Å². The second-order valence-electron chi connectivity index (χ2n) is 15.0. The number of nitrogens with one attached hydrogen (secondary N) is 3. The lowest BCUT2D eigenvalue weighted by molar-refractivity contribution is -0.384. The van der Waals surface area contributed by atoms with Crippen LogP contribution < -0.4 is 16.0 Å². The summed E-state index contributed by atoms with van der Waals surface area (Å²) in [6.07, 6.45) is 13.4. The largest absolute Gasteiger partial charge is 0.465 e. The molecule has 0 fully saturated rings. The summed E-state index contributed by atoms with van der Waals surface area (Å²) in [7, 11) is 1.19. The Labute approximate surface area is 320 Å². The number of non-ortho nitro benzene ring substituents is 1. The van der Waals surface area contributed by atoms with Gasteiger partial charge < -0.3 is 30.2 Å². The molecular weight excluding hydrogens is 692 g/mol. The highest BCUT2D eigenvalue weighted by Crippen LogP contribution is 2.29. The van der Waals surface area contributed by atoms with Crippen LogP contribution in [0.3, 0.4) is 0 Å². The van der Waals surface area contributed by atoms with Crippen LogP contribution in [0.15, 0.2) is 36.4 Å². The molecule has 0 spiro atoms. The van der Waals surface area contributed by atoms with Gasteiger partial charge in [-0.1, -0.05) is 78.1 Å². The number of rotatable bonds is 26. The lowest BCUT2D eigenvalue weighted by atomic mass is 9.93. The molecule has 0 unspecified atom stereocenters. The van der Waals surface area contributed by atoms with Gasteiger partial charge in [-0.3, -0.25) is 24.5 Å². The lowest BCUT2D eigenvalue weighted by Gasteiger charge is -2.24. The molecule has 0 radical (unpaired) electrons. The van der Waals surface area contributed by atoms with E-state index in [4.69, 9.17) is 14.2 Å². The predicted molar refractivity (Wildman–Crippen MR) is 212 cm³/mol. The van der Waals surface area contributed by atoms with E-state index in [9.17, 15) is 29.3 Å². The number of amides is 3. The minimum atomic E-state index is -0.970. The summed E-state index contributed by atoms with van der Waals surface area (Å²) in [5.74, 6) is -2.35. The molecule has 0 heterocycles. The molecule has 0 aromatic heterocycles. The van der Waals surface area contributed by atoms with Crippen LogP contribution >= 0.6 is 0 Å². The summed E-state index contributed by atoms with van der Waals surface area (Å²) >= 11 is 0. The minimum absolute atomic E-state index is 0.0253. The van der Waals surface area contributed by atoms with Crippen LogP contribution in [0.1, 0.15) is 139 Å². The quantitative estimate of drug-likeness (QED) is 0.0366. The van der Waals surface area contributed by atoms with Crippen molar-refractivity contribution in [2.45, 2.75) is 119 Å². The number of benzene rings is 2. The van der Waals surface area contributed by atoms with Crippen LogP contribution in [0.25, 0.3) is 0 Å². The van der Waals surface area contributed by atoms with Gasteiger partial charge in [0.25, 0.3) is 11.6 Å². The zero-order chi connectivity index (χ0) is 40.1. The summed E-state index contributed by atoms with van der Waals surface area (Å²) < 4.78 is 16.6. The first-order chi connectivity index (χ1) is 25.7. The van der Waals surface area contributed by atoms with Crippen molar-refractivity contribution in [3.05, 3.63) is 57.6 Å². The van der Waals surface area contributed by atoms with Crippen LogP contribution in [0.5, 0.6) is 0 Å². The molecule has 300 valence electrons. The van der Waals surface area contributed by atoms with Gasteiger partial charge in [-0.15, -0.1) is 0 Å². The number of carbonyl (C=O) groups excluding carboxylic acids is 4. The average molecular weight is 755 g/mol. The summed E-state index contributed by atoms with van der Waals surface area (Å²) in [6.45, 7) is 12.7. The standard InChI is InChI=1S/C41H62N4O9/c1-8-10-12-14-16-18-24-53-28-40(3,4)38(48)43-34-23-21-31(45(50)51)27-32(34)36(46)42-30-20-22-35(33(26-30)37(47)52-7)44-39(49)41(5,6)29-54-25-19-17-15-13-11-9-2/h20-23,26-27H,8-19,24-25,28-29H2,1-7H3,(H,42,46)(H,43,48)(H,44,49). The average Bonchev–Trinajstić information content (AvgIpc) is 3.13. The zero-order valence-corrected chi connectivity index (χ0v) is 33.4. The molecule has 0 aliphatic carbocycles. The number of nitrogens with zero attached hydrogens (tertiary/aromatic N) is 1. The first-order valence-electron chi connectivity index (χ1n) is 19.3. The summed E-state index contributed by atoms with van der Waals surface area (Å²) in [5, 5.41) is 19.8. The van der Waals surface area contributed by atoms with Crippen molar-refractivity contribution in [3.8, 4) is 0 Å². The van der Waals surface area contributed by atoms with Crippen molar-refractivity contribution in [3.63, 3.8) is 0 Å². The molecule has 3 N–H and O–H groups in total. The molecular formula is C41H62N4O9. The molecule has 13 heteroatoms. The molecule has 2 aromatic carbocycles. The normalized spacial score (nSPS) is 11.5. The van der Waals surface area contributed by atoms with Gasteiger partial charge in [0.2, 0.25) is 11.8 Å². The molecule has 0 atom stereocenters. The monoisotopic (exact) mass is 754 g/mol. The van der Waals surface area contributed by atoms with Crippen LogP contribution in [-0.2, 0) is 23.8 Å². The highest BCUT2D eigenvalue weighted by Gasteiger charge is 2.31. The Kier molecular flexibility index (Phi) is 19.9. The number of ether oxygens (including phenoxy) is 3. The first-order valence-corrected chi connectivity index (χ1v) is 19.3. The van der Waals surface area contributed by atoms with Gasteiger partial charge in [0.15, 0.2) is 0 Å². The summed E-state index contributed by atoms with van der Waals surface area (Å²) in [5.41, 5.74) is -2.06.